The van der Waals surface area contributed by atoms with Gasteiger partial charge in [-0.2, -0.15) is 0 Å². The van der Waals surface area contributed by atoms with Crippen molar-refractivity contribution in [3.05, 3.63) is 138 Å². The van der Waals surface area contributed by atoms with Gasteiger partial charge in [0.1, 0.15) is 5.75 Å². The number of allylic oxidation sites excluding steroid dienone is 12. The Kier molecular flexibility index (Phi) is 21.3. The molecule has 0 aromatic heterocycles. The van der Waals surface area contributed by atoms with Crippen molar-refractivity contribution in [2.24, 2.45) is 0 Å². The first-order chi connectivity index (χ1) is 25.4. The Bertz CT molecular complexity index is 1570. The van der Waals surface area contributed by atoms with E-state index in [4.69, 9.17) is 16.3 Å². The maximum atomic E-state index is 13.2. The standard InChI is InChI=1S/C45H60ClN3O4/c1-6-7-8-9-10-11-12-13-14-15-16-17-18-19-20-21-22-23-24-25-41(50)48-36-44(2,3)49-43(52)45(4,5)53-40-32-26-37(27-33-40)34-35-47-42(51)38-28-30-39(46)31-29-38/h7-8,10-11,13-14,16-17,19-20,22-23,26-33H,6,9,12,15,18,21,24-25,34-36H2,1-5H3,(H,47,51)(H,48,50)(H,49,52). The summed E-state index contributed by atoms with van der Waals surface area (Å²) < 4.78 is 6.05. The predicted octanol–water partition coefficient (Wildman–Crippen LogP) is 9.96. The second-order valence-electron chi connectivity index (χ2n) is 13.8. The SMILES string of the molecule is CCC=CCC=CCC=CCC=CCC=CCC=CCCC(=O)NCC(C)(C)NC(=O)C(C)(C)Oc1ccc(CCNC(=O)c2ccc(Cl)cc2)cc1. The van der Waals surface area contributed by atoms with Crippen molar-refractivity contribution in [3.8, 4) is 5.75 Å². The fourth-order valence-corrected chi connectivity index (χ4v) is 4.98. The molecular formula is C45H60ClN3O4. The minimum Gasteiger partial charge on any atom is -0.478 e. The van der Waals surface area contributed by atoms with Gasteiger partial charge in [0, 0.05) is 30.1 Å². The molecule has 0 aliphatic heterocycles. The van der Waals surface area contributed by atoms with Gasteiger partial charge >= 0.3 is 0 Å². The van der Waals surface area contributed by atoms with Crippen molar-refractivity contribution in [2.75, 3.05) is 13.1 Å². The lowest BCUT2D eigenvalue weighted by atomic mass is 10.0. The molecule has 0 saturated carbocycles. The summed E-state index contributed by atoms with van der Waals surface area (Å²) in [5.41, 5.74) is -0.248. The van der Waals surface area contributed by atoms with Crippen LogP contribution < -0.4 is 20.7 Å². The molecule has 0 fully saturated rings. The smallest absolute Gasteiger partial charge is 0.264 e. The van der Waals surface area contributed by atoms with Crippen molar-refractivity contribution < 1.29 is 19.1 Å². The van der Waals surface area contributed by atoms with Crippen LogP contribution in [0.2, 0.25) is 5.02 Å². The van der Waals surface area contributed by atoms with Crippen LogP contribution in [0.15, 0.2) is 121 Å². The summed E-state index contributed by atoms with van der Waals surface area (Å²) in [5.74, 6) is 0.0492. The van der Waals surface area contributed by atoms with E-state index in [1.807, 2.05) is 44.2 Å². The molecule has 0 radical (unpaired) electrons. The van der Waals surface area contributed by atoms with Crippen LogP contribution in [0.1, 0.15) is 102 Å². The lowest BCUT2D eigenvalue weighted by molar-refractivity contribution is -0.136. The number of hydrogen-bond donors (Lipinski definition) is 3. The van der Waals surface area contributed by atoms with Crippen molar-refractivity contribution >= 4 is 29.3 Å². The van der Waals surface area contributed by atoms with E-state index in [1.54, 1.807) is 38.1 Å². The van der Waals surface area contributed by atoms with Gasteiger partial charge in [-0.25, -0.2) is 0 Å². The number of hydrogen-bond acceptors (Lipinski definition) is 4. The van der Waals surface area contributed by atoms with Crippen LogP contribution in [0.3, 0.4) is 0 Å². The van der Waals surface area contributed by atoms with Crippen LogP contribution in [0.25, 0.3) is 0 Å². The highest BCUT2D eigenvalue weighted by Crippen LogP contribution is 2.20. The fourth-order valence-electron chi connectivity index (χ4n) is 4.85. The van der Waals surface area contributed by atoms with Crippen molar-refractivity contribution in [3.63, 3.8) is 0 Å². The second-order valence-corrected chi connectivity index (χ2v) is 14.3. The van der Waals surface area contributed by atoms with Crippen molar-refractivity contribution in [2.45, 2.75) is 104 Å². The Morgan fingerprint density at radius 1 is 0.679 bits per heavy atom. The van der Waals surface area contributed by atoms with Gasteiger partial charge in [-0.1, -0.05) is 104 Å². The molecule has 3 amide bonds. The number of carbonyl (C=O) groups is 3. The summed E-state index contributed by atoms with van der Waals surface area (Å²) >= 11 is 5.89. The van der Waals surface area contributed by atoms with Crippen molar-refractivity contribution in [1.29, 1.82) is 0 Å². The van der Waals surface area contributed by atoms with Gasteiger partial charge in [-0.15, -0.1) is 0 Å². The molecule has 8 heteroatoms. The second kappa shape index (κ2) is 25.4. The molecule has 3 N–H and O–H groups in total. The van der Waals surface area contributed by atoms with Gasteiger partial charge in [-0.05, 0) is 121 Å². The lowest BCUT2D eigenvalue weighted by Crippen LogP contribution is -2.57. The summed E-state index contributed by atoms with van der Waals surface area (Å²) in [6.07, 6.45) is 33.4. The van der Waals surface area contributed by atoms with Gasteiger partial charge in [-0.3, -0.25) is 14.4 Å². The Morgan fingerprint density at radius 2 is 1.19 bits per heavy atom. The first-order valence-electron chi connectivity index (χ1n) is 18.7. The van der Waals surface area contributed by atoms with Crippen LogP contribution in [-0.2, 0) is 16.0 Å². The molecule has 0 saturated heterocycles. The maximum Gasteiger partial charge on any atom is 0.264 e. The molecule has 0 aliphatic carbocycles. The lowest BCUT2D eigenvalue weighted by Gasteiger charge is -2.32. The minimum atomic E-state index is -1.15. The zero-order valence-corrected chi connectivity index (χ0v) is 33.1. The van der Waals surface area contributed by atoms with E-state index in [0.717, 1.165) is 44.1 Å². The van der Waals surface area contributed by atoms with Gasteiger partial charge in [0.2, 0.25) is 5.91 Å². The number of amides is 3. The van der Waals surface area contributed by atoms with Crippen LogP contribution in [0.5, 0.6) is 5.75 Å². The summed E-state index contributed by atoms with van der Waals surface area (Å²) in [7, 11) is 0. The molecule has 0 bridgehead atoms. The average Bonchev–Trinajstić information content (AvgIpc) is 3.12. The molecule has 0 atom stereocenters. The third kappa shape index (κ3) is 20.9. The number of nitrogens with one attached hydrogen (secondary N) is 3. The molecule has 286 valence electrons. The molecule has 0 aliphatic rings. The van der Waals surface area contributed by atoms with Crippen LogP contribution in [0.4, 0.5) is 0 Å². The highest BCUT2D eigenvalue weighted by molar-refractivity contribution is 6.30. The highest BCUT2D eigenvalue weighted by Gasteiger charge is 2.34. The molecule has 0 heterocycles. The van der Waals surface area contributed by atoms with Gasteiger partial charge < -0.3 is 20.7 Å². The van der Waals surface area contributed by atoms with Crippen LogP contribution in [0, 0.1) is 0 Å². The normalized spacial score (nSPS) is 12.6. The number of carbonyl (C=O) groups excluding carboxylic acids is 3. The third-order valence-corrected chi connectivity index (χ3v) is 8.21. The fraction of sp³-hybridized carbons (Fsp3) is 0.400. The molecule has 7 nitrogen and oxygen atoms in total. The molecule has 0 unspecified atom stereocenters. The monoisotopic (exact) mass is 741 g/mol. The Morgan fingerprint density at radius 3 is 1.72 bits per heavy atom. The Labute approximate surface area is 323 Å². The molecule has 2 aromatic rings. The molecule has 0 spiro atoms. The quantitative estimate of drug-likeness (QED) is 0.0934. The van der Waals surface area contributed by atoms with E-state index < -0.39 is 11.1 Å². The van der Waals surface area contributed by atoms with E-state index in [2.05, 4.69) is 89.7 Å². The predicted molar refractivity (Wildman–Crippen MR) is 221 cm³/mol. The summed E-state index contributed by atoms with van der Waals surface area (Å²) in [5, 5.41) is 9.44. The number of halogens is 1. The largest absolute Gasteiger partial charge is 0.478 e. The summed E-state index contributed by atoms with van der Waals surface area (Å²) in [6, 6.07) is 14.2. The first kappa shape index (κ1) is 44.5. The Hall–Kier alpha value is -4.62. The van der Waals surface area contributed by atoms with Gasteiger partial charge in [0.15, 0.2) is 5.60 Å². The number of ether oxygens (including phenoxy) is 1. The number of rotatable bonds is 24. The van der Waals surface area contributed by atoms with E-state index in [-0.39, 0.29) is 17.7 Å². The third-order valence-electron chi connectivity index (χ3n) is 7.96. The van der Waals surface area contributed by atoms with E-state index in [1.165, 1.54) is 0 Å². The summed E-state index contributed by atoms with van der Waals surface area (Å²) in [4.78, 5) is 37.9. The average molecular weight is 742 g/mol. The van der Waals surface area contributed by atoms with E-state index in [0.29, 0.717) is 48.7 Å². The topological polar surface area (TPSA) is 96.5 Å². The number of benzene rings is 2. The van der Waals surface area contributed by atoms with Crippen molar-refractivity contribution in [1.82, 2.24) is 16.0 Å². The van der Waals surface area contributed by atoms with Gasteiger partial charge in [0.05, 0.1) is 5.54 Å². The van der Waals surface area contributed by atoms with E-state index >= 15 is 0 Å². The Balaban J connectivity index is 1.60. The van der Waals surface area contributed by atoms with Crippen LogP contribution >= 0.6 is 11.6 Å². The van der Waals surface area contributed by atoms with Crippen LogP contribution in [-0.4, -0.2) is 42.0 Å². The highest BCUT2D eigenvalue weighted by atomic mass is 35.5. The molecule has 53 heavy (non-hydrogen) atoms. The minimum absolute atomic E-state index is 0.0630. The maximum absolute atomic E-state index is 13.2. The molecular weight excluding hydrogens is 682 g/mol. The van der Waals surface area contributed by atoms with Gasteiger partial charge in [0.25, 0.3) is 11.8 Å². The van der Waals surface area contributed by atoms with E-state index in [9.17, 15) is 14.4 Å². The summed E-state index contributed by atoms with van der Waals surface area (Å²) in [6.45, 7) is 10.1. The molecule has 2 aromatic carbocycles. The zero-order chi connectivity index (χ0) is 38.8. The zero-order valence-electron chi connectivity index (χ0n) is 32.3. The first-order valence-corrected chi connectivity index (χ1v) is 19.1. The molecule has 2 rings (SSSR count).